The van der Waals surface area contributed by atoms with Crippen molar-refractivity contribution in [1.29, 1.82) is 0 Å². The van der Waals surface area contributed by atoms with E-state index in [-0.39, 0.29) is 27.2 Å². The maximum Gasteiger partial charge on any atom is 0.134 e. The van der Waals surface area contributed by atoms with Gasteiger partial charge in [-0.2, -0.15) is 0 Å². The van der Waals surface area contributed by atoms with Crippen LogP contribution in [0.2, 0.25) is 13.1 Å². The molecule has 0 aromatic rings. The summed E-state index contributed by atoms with van der Waals surface area (Å²) in [6, 6.07) is 0. The Morgan fingerprint density at radius 2 is 1.10 bits per heavy atom. The molecule has 0 radical (unpaired) electrons. The van der Waals surface area contributed by atoms with Gasteiger partial charge in [0.1, 0.15) is 7.41 Å². The molecule has 0 aromatic heterocycles. The quantitative estimate of drug-likeness (QED) is 0.209. The van der Waals surface area contributed by atoms with E-state index in [1.807, 2.05) is 10.6 Å². The molecule has 0 N–H and O–H groups in total. The third-order valence-corrected chi connectivity index (χ3v) is 51.7. The van der Waals surface area contributed by atoms with Gasteiger partial charge in [0, 0.05) is 22.4 Å². The van der Waals surface area contributed by atoms with Crippen molar-refractivity contribution in [1.82, 2.24) is 8.88 Å². The van der Waals surface area contributed by atoms with Crippen LogP contribution in [0.3, 0.4) is 0 Å². The number of hydrogen-bond acceptors (Lipinski definition) is 2. The second-order valence-corrected chi connectivity index (χ2v) is 39.2. The molecule has 6 atom stereocenters. The minimum Gasteiger partial charge on any atom is -0.259 e. The Balaban J connectivity index is 2.05. The predicted molar refractivity (Wildman–Crippen MR) is 157 cm³/mol. The first-order valence-corrected chi connectivity index (χ1v) is 24.6. The highest BCUT2D eigenvalue weighted by molar-refractivity contribution is 8.36. The predicted octanol–water partition coefficient (Wildman–Crippen LogP) is 8.10. The summed E-state index contributed by atoms with van der Waals surface area (Å²) >= 11 is 0. The molecule has 2 aliphatic carbocycles. The van der Waals surface area contributed by atoms with Crippen molar-refractivity contribution in [3.8, 4) is 0 Å². The third kappa shape index (κ3) is 3.17. The highest BCUT2D eigenvalue weighted by Crippen LogP contribution is 2.88. The molecule has 4 aliphatic rings. The standard InChI is InChI=1S/C24H46N2P4Si/c1-23(2,3)25-27(7)19-15-13-17-21(19)29(25,9)31(11,12)30(10)22-18-14-16-20(22)28(8)26(30)24(4,5)6/h13-16,19-20H,17-18H2,1-12H3. The minimum atomic E-state index is -1.73. The van der Waals surface area contributed by atoms with E-state index in [1.165, 1.54) is 12.8 Å². The lowest BCUT2D eigenvalue weighted by atomic mass is 10.1. The van der Waals surface area contributed by atoms with Crippen molar-refractivity contribution >= 4 is 47.3 Å². The van der Waals surface area contributed by atoms with Crippen LogP contribution in [-0.4, -0.2) is 75.9 Å². The smallest absolute Gasteiger partial charge is 0.134 e. The minimum absolute atomic E-state index is 0.140. The maximum atomic E-state index is 3.17. The SMILES string of the molecule is CP1C2C=CCC2=P(C)([Si](C)(C)P2(C)=C3CC=CC3P(C)N2C(C)(C)C)N1C(C)(C)C. The molecule has 2 nitrogen and oxygen atoms in total. The summed E-state index contributed by atoms with van der Waals surface area (Å²) in [5.74, 6) is 0. The zero-order valence-corrected chi connectivity index (χ0v) is 26.6. The van der Waals surface area contributed by atoms with Crippen LogP contribution < -0.4 is 0 Å². The van der Waals surface area contributed by atoms with Crippen molar-refractivity contribution in [2.75, 3.05) is 26.7 Å². The fourth-order valence-electron chi connectivity index (χ4n) is 7.39. The Morgan fingerprint density at radius 1 is 0.774 bits per heavy atom. The molecule has 2 aliphatic heterocycles. The summed E-state index contributed by atoms with van der Waals surface area (Å²) in [5.41, 5.74) is 2.00. The molecule has 176 valence electrons. The van der Waals surface area contributed by atoms with Gasteiger partial charge in [-0.1, -0.05) is 37.4 Å². The molecule has 4 rings (SSSR count). The monoisotopic (exact) mass is 514 g/mol. The molecule has 0 saturated heterocycles. The Kier molecular flexibility index (Phi) is 6.12. The van der Waals surface area contributed by atoms with E-state index in [0.717, 1.165) is 11.3 Å². The van der Waals surface area contributed by atoms with Gasteiger partial charge in [-0.15, -0.1) is 0 Å². The van der Waals surface area contributed by atoms with Gasteiger partial charge in [0.05, 0.1) is 0 Å². The molecular formula is C24H46N2P4Si. The largest absolute Gasteiger partial charge is 0.259 e. The Morgan fingerprint density at radius 3 is 1.39 bits per heavy atom. The average molecular weight is 515 g/mol. The van der Waals surface area contributed by atoms with Crippen molar-refractivity contribution in [3.63, 3.8) is 0 Å². The van der Waals surface area contributed by atoms with Crippen LogP contribution in [0, 0.1) is 0 Å². The van der Waals surface area contributed by atoms with Gasteiger partial charge in [0.2, 0.25) is 0 Å². The molecule has 0 bridgehead atoms. The normalized spacial score (nSPS) is 41.5. The summed E-state index contributed by atoms with van der Waals surface area (Å²) in [5, 5.41) is 3.97. The summed E-state index contributed by atoms with van der Waals surface area (Å²) in [7, 11) is -2.01. The number of nitrogens with zero attached hydrogens (tertiary/aromatic N) is 2. The molecule has 6 unspecified atom stereocenters. The lowest BCUT2D eigenvalue weighted by Crippen LogP contribution is -2.47. The second-order valence-electron chi connectivity index (χ2n) is 12.6. The van der Waals surface area contributed by atoms with Crippen LogP contribution >= 0.6 is 29.3 Å². The highest BCUT2D eigenvalue weighted by Gasteiger charge is 2.63. The van der Waals surface area contributed by atoms with Crippen molar-refractivity contribution < 1.29 is 0 Å². The number of allylic oxidation sites excluding steroid dienone is 4. The maximum absolute atomic E-state index is 3.17. The van der Waals surface area contributed by atoms with Gasteiger partial charge >= 0.3 is 0 Å². The molecule has 0 saturated carbocycles. The third-order valence-electron chi connectivity index (χ3n) is 8.58. The van der Waals surface area contributed by atoms with Crippen molar-refractivity contribution in [3.05, 3.63) is 24.3 Å². The van der Waals surface area contributed by atoms with E-state index >= 15 is 0 Å². The Bertz CT molecular complexity index is 887. The molecule has 0 aromatic carbocycles. The average Bonchev–Trinajstić information content (AvgIpc) is 3.33. The van der Waals surface area contributed by atoms with E-state index in [9.17, 15) is 0 Å². The summed E-state index contributed by atoms with van der Waals surface area (Å²) in [4.78, 5) is 0. The molecule has 0 amide bonds. The number of rotatable bonds is 2. The number of hydrogen-bond donors (Lipinski definition) is 0. The van der Waals surface area contributed by atoms with Crippen LogP contribution in [0.4, 0.5) is 0 Å². The fraction of sp³-hybridized carbons (Fsp3) is 0.750. The Hall–Kier alpha value is 1.08. The number of fused-ring (bicyclic) bond motifs is 2. The van der Waals surface area contributed by atoms with Gasteiger partial charge in [-0.3, -0.25) is 8.88 Å². The van der Waals surface area contributed by atoms with E-state index in [1.54, 1.807) is 0 Å². The van der Waals surface area contributed by atoms with Gasteiger partial charge in [0.15, 0.2) is 0 Å². The van der Waals surface area contributed by atoms with E-state index in [4.69, 9.17) is 0 Å². The molecule has 31 heavy (non-hydrogen) atoms. The van der Waals surface area contributed by atoms with E-state index in [2.05, 4.69) is 114 Å². The van der Waals surface area contributed by atoms with E-state index < -0.39 is 20.6 Å². The first kappa shape index (κ1) is 25.2. The zero-order chi connectivity index (χ0) is 23.4. The molecule has 2 heterocycles. The van der Waals surface area contributed by atoms with Crippen LogP contribution in [0.15, 0.2) is 24.3 Å². The molecule has 7 heteroatoms. The van der Waals surface area contributed by atoms with Gasteiger partial charge in [-0.05, 0) is 121 Å². The van der Waals surface area contributed by atoms with Gasteiger partial charge in [0.25, 0.3) is 0 Å². The summed E-state index contributed by atoms with van der Waals surface area (Å²) < 4.78 is 6.34. The lowest BCUT2D eigenvalue weighted by molar-refractivity contribution is 0.395. The van der Waals surface area contributed by atoms with Gasteiger partial charge in [-0.25, -0.2) is 0 Å². The summed E-state index contributed by atoms with van der Waals surface area (Å²) in [6.07, 6.45) is 12.8. The van der Waals surface area contributed by atoms with Crippen LogP contribution in [0.25, 0.3) is 0 Å². The van der Waals surface area contributed by atoms with Crippen LogP contribution in [0.1, 0.15) is 54.4 Å². The Labute approximate surface area is 196 Å². The van der Waals surface area contributed by atoms with Crippen molar-refractivity contribution in [2.24, 2.45) is 0 Å². The summed E-state index contributed by atoms with van der Waals surface area (Å²) in [6.45, 7) is 28.9. The molecule has 0 fully saturated rings. The first-order valence-electron chi connectivity index (χ1n) is 11.9. The zero-order valence-electron chi connectivity index (χ0n) is 22.1. The van der Waals surface area contributed by atoms with E-state index in [0.29, 0.717) is 0 Å². The fourth-order valence-corrected chi connectivity index (χ4v) is 59.6. The second kappa shape index (κ2) is 7.54. The molecular weight excluding hydrogens is 468 g/mol. The highest BCUT2D eigenvalue weighted by atomic mass is 31.7. The van der Waals surface area contributed by atoms with Crippen LogP contribution in [-0.2, 0) is 0 Å². The topological polar surface area (TPSA) is 6.48 Å². The van der Waals surface area contributed by atoms with Crippen molar-refractivity contribution in [2.45, 2.75) is 89.9 Å². The van der Waals surface area contributed by atoms with Crippen LogP contribution in [0.5, 0.6) is 0 Å². The molecule has 0 spiro atoms. The first-order chi connectivity index (χ1) is 14.0. The lowest BCUT2D eigenvalue weighted by Gasteiger charge is -2.58. The van der Waals surface area contributed by atoms with Gasteiger partial charge < -0.3 is 0 Å².